The molecular weight excluding hydrogens is 318 g/mol. The van der Waals surface area contributed by atoms with Crippen LogP contribution in [0.4, 0.5) is 0 Å². The second-order valence-corrected chi connectivity index (χ2v) is 5.11. The van der Waals surface area contributed by atoms with Crippen molar-refractivity contribution < 1.29 is 19.8 Å². The first-order chi connectivity index (χ1) is 11.9. The summed E-state index contributed by atoms with van der Waals surface area (Å²) in [6, 6.07) is 5.24. The van der Waals surface area contributed by atoms with E-state index in [1.54, 1.807) is 12.1 Å². The van der Waals surface area contributed by atoms with Crippen molar-refractivity contribution in [3.05, 3.63) is 79.4 Å². The summed E-state index contributed by atoms with van der Waals surface area (Å²) >= 11 is 0. The third kappa shape index (κ3) is 10.3. The van der Waals surface area contributed by atoms with Gasteiger partial charge in [0.15, 0.2) is 0 Å². The third-order valence-corrected chi connectivity index (χ3v) is 3.01. The number of allylic oxidation sites excluding steroid dienone is 5. The lowest BCUT2D eigenvalue weighted by molar-refractivity contribution is -0.141. The number of phenolic OH excluding ortho intramolecular Hbond substituents is 1. The summed E-state index contributed by atoms with van der Waals surface area (Å²) in [5.74, 6) is -1.34. The maximum absolute atomic E-state index is 10.8. The predicted octanol–water partition coefficient (Wildman–Crippen LogP) is 3.38. The molecule has 1 unspecified atom stereocenters. The van der Waals surface area contributed by atoms with Crippen LogP contribution < -0.4 is 5.32 Å². The van der Waals surface area contributed by atoms with E-state index in [0.717, 1.165) is 12.0 Å². The number of carboxylic acids is 1. The Morgan fingerprint density at radius 1 is 1.20 bits per heavy atom. The van der Waals surface area contributed by atoms with Crippen LogP contribution in [0.2, 0.25) is 0 Å². The molecule has 1 aliphatic rings. The molecule has 2 rings (SSSR count). The minimum absolute atomic E-state index is 0.121. The van der Waals surface area contributed by atoms with Crippen molar-refractivity contribution in [1.29, 1.82) is 0 Å². The average molecular weight is 343 g/mol. The van der Waals surface area contributed by atoms with Gasteiger partial charge in [0.25, 0.3) is 0 Å². The minimum Gasteiger partial charge on any atom is -0.508 e. The number of nitrogens with one attached hydrogen (secondary N) is 1. The van der Waals surface area contributed by atoms with Crippen LogP contribution >= 0.6 is 0 Å². The zero-order valence-corrected chi connectivity index (χ0v) is 14.4. The monoisotopic (exact) mass is 343 g/mol. The van der Waals surface area contributed by atoms with E-state index >= 15 is 0 Å². The molecule has 1 amide bonds. The molecule has 0 fully saturated rings. The number of hydrogen-bond acceptors (Lipinski definition) is 3. The van der Waals surface area contributed by atoms with Gasteiger partial charge in [-0.2, -0.15) is 0 Å². The third-order valence-electron chi connectivity index (χ3n) is 3.01. The van der Waals surface area contributed by atoms with Gasteiger partial charge in [0.05, 0.1) is 0 Å². The lowest BCUT2D eigenvalue weighted by Gasteiger charge is -2.13. The van der Waals surface area contributed by atoms with Crippen molar-refractivity contribution in [1.82, 2.24) is 5.32 Å². The molecule has 5 heteroatoms. The largest absolute Gasteiger partial charge is 0.508 e. The van der Waals surface area contributed by atoms with Crippen LogP contribution in [0.5, 0.6) is 5.75 Å². The summed E-state index contributed by atoms with van der Waals surface area (Å²) in [6.07, 6.45) is 9.38. The molecule has 0 bridgehead atoms. The van der Waals surface area contributed by atoms with E-state index in [2.05, 4.69) is 31.1 Å². The van der Waals surface area contributed by atoms with Crippen LogP contribution in [0.1, 0.15) is 18.9 Å². The molecule has 0 radical (unpaired) electrons. The van der Waals surface area contributed by atoms with Crippen molar-refractivity contribution in [2.24, 2.45) is 0 Å². The summed E-state index contributed by atoms with van der Waals surface area (Å²) in [5, 5.41) is 20.3. The number of carboxylic acid groups (broad SMARTS) is 1. The highest BCUT2D eigenvalue weighted by Crippen LogP contribution is 2.11. The number of hydrogen-bond donors (Lipinski definition) is 3. The molecule has 25 heavy (non-hydrogen) atoms. The molecule has 0 aromatic heterocycles. The van der Waals surface area contributed by atoms with Gasteiger partial charge in [0.1, 0.15) is 11.8 Å². The normalized spacial score (nSPS) is 12.8. The molecule has 1 aromatic rings. The Bertz CT molecular complexity index is 630. The Morgan fingerprint density at radius 3 is 2.16 bits per heavy atom. The minimum atomic E-state index is -1.08. The molecular formula is C20H25NO4. The van der Waals surface area contributed by atoms with Gasteiger partial charge in [0.2, 0.25) is 5.91 Å². The number of benzene rings is 1. The second kappa shape index (κ2) is 12.4. The summed E-state index contributed by atoms with van der Waals surface area (Å²) in [5.41, 5.74) is 1.93. The quantitative estimate of drug-likeness (QED) is 0.732. The average Bonchev–Trinajstić information content (AvgIpc) is 2.59. The van der Waals surface area contributed by atoms with Crippen LogP contribution in [-0.2, 0) is 16.0 Å². The highest BCUT2D eigenvalue weighted by atomic mass is 16.4. The number of amides is 1. The van der Waals surface area contributed by atoms with Crippen LogP contribution in [0.25, 0.3) is 0 Å². The highest BCUT2D eigenvalue weighted by molar-refractivity contribution is 5.82. The van der Waals surface area contributed by atoms with Gasteiger partial charge < -0.3 is 15.5 Å². The first-order valence-electron chi connectivity index (χ1n) is 7.67. The van der Waals surface area contributed by atoms with Crippen molar-refractivity contribution in [3.63, 3.8) is 0 Å². The Kier molecular flexibility index (Phi) is 10.8. The van der Waals surface area contributed by atoms with E-state index in [1.807, 2.05) is 18.2 Å². The first-order valence-corrected chi connectivity index (χ1v) is 7.67. The fraction of sp³-hybridized carbons (Fsp3) is 0.200. The Morgan fingerprint density at radius 2 is 1.80 bits per heavy atom. The van der Waals surface area contributed by atoms with Crippen molar-refractivity contribution in [2.45, 2.75) is 25.8 Å². The van der Waals surface area contributed by atoms with Gasteiger partial charge in [0, 0.05) is 13.3 Å². The lowest BCUT2D eigenvalue weighted by Crippen LogP contribution is -2.41. The van der Waals surface area contributed by atoms with Crippen molar-refractivity contribution in [3.8, 4) is 5.75 Å². The van der Waals surface area contributed by atoms with Gasteiger partial charge in [-0.3, -0.25) is 4.79 Å². The lowest BCUT2D eigenvalue weighted by atomic mass is 10.1. The van der Waals surface area contributed by atoms with E-state index in [-0.39, 0.29) is 18.1 Å². The number of phenols is 1. The van der Waals surface area contributed by atoms with E-state index in [9.17, 15) is 9.59 Å². The van der Waals surface area contributed by atoms with Gasteiger partial charge >= 0.3 is 5.97 Å². The molecule has 3 N–H and O–H groups in total. The summed E-state index contributed by atoms with van der Waals surface area (Å²) in [6.45, 7) is 11.0. The molecule has 1 aliphatic carbocycles. The smallest absolute Gasteiger partial charge is 0.326 e. The summed E-state index contributed by atoms with van der Waals surface area (Å²) in [4.78, 5) is 21.6. The van der Waals surface area contributed by atoms with Crippen LogP contribution in [0.3, 0.4) is 0 Å². The Labute approximate surface area is 148 Å². The molecule has 0 aliphatic heterocycles. The van der Waals surface area contributed by atoms with E-state index in [1.165, 1.54) is 24.6 Å². The Balaban J connectivity index is 0.000000530. The predicted molar refractivity (Wildman–Crippen MR) is 100 cm³/mol. The van der Waals surface area contributed by atoms with Gasteiger partial charge in [-0.1, -0.05) is 48.6 Å². The molecule has 134 valence electrons. The second-order valence-electron chi connectivity index (χ2n) is 5.11. The number of aliphatic carboxylic acids is 1. The molecule has 0 heterocycles. The number of carbonyl (C=O) groups is 2. The van der Waals surface area contributed by atoms with Gasteiger partial charge in [-0.15, -0.1) is 13.2 Å². The fourth-order valence-corrected chi connectivity index (χ4v) is 1.87. The van der Waals surface area contributed by atoms with E-state index < -0.39 is 12.0 Å². The van der Waals surface area contributed by atoms with Crippen LogP contribution in [-0.4, -0.2) is 28.1 Å². The standard InChI is InChI=1S/C11H13NO4.C7H8.C2H4/c1-7(13)12-10(11(15)16)6-8-2-4-9(14)5-3-8;1-7-5-3-2-4-6-7;1-2/h2-5,10,14H,6H2,1H3,(H,12,13)(H,15,16);2-5H,1,6H2;1-2H2. The molecule has 1 atom stereocenters. The van der Waals surface area contributed by atoms with Gasteiger partial charge in [-0.25, -0.2) is 4.79 Å². The topological polar surface area (TPSA) is 86.6 Å². The van der Waals surface area contributed by atoms with E-state index in [4.69, 9.17) is 10.2 Å². The van der Waals surface area contributed by atoms with Gasteiger partial charge in [-0.05, 0) is 24.1 Å². The number of aromatic hydroxyl groups is 1. The molecule has 0 saturated heterocycles. The van der Waals surface area contributed by atoms with E-state index in [0.29, 0.717) is 0 Å². The maximum Gasteiger partial charge on any atom is 0.326 e. The molecule has 0 spiro atoms. The van der Waals surface area contributed by atoms with Crippen LogP contribution in [0.15, 0.2) is 73.9 Å². The highest BCUT2D eigenvalue weighted by Gasteiger charge is 2.18. The molecule has 5 nitrogen and oxygen atoms in total. The number of rotatable bonds is 4. The zero-order valence-electron chi connectivity index (χ0n) is 14.4. The zero-order chi connectivity index (χ0) is 19.2. The first kappa shape index (κ1) is 21.9. The van der Waals surface area contributed by atoms with Crippen LogP contribution in [0, 0.1) is 0 Å². The SMILES string of the molecule is C=C.C=C1C=CC=CC1.CC(=O)NC(Cc1ccc(O)cc1)C(=O)O. The fourth-order valence-electron chi connectivity index (χ4n) is 1.87. The Hall–Kier alpha value is -3.08. The molecule has 1 aromatic carbocycles. The van der Waals surface area contributed by atoms with Crippen molar-refractivity contribution >= 4 is 11.9 Å². The maximum atomic E-state index is 10.8. The summed E-state index contributed by atoms with van der Waals surface area (Å²) < 4.78 is 0. The number of carbonyl (C=O) groups excluding carboxylic acids is 1. The summed E-state index contributed by atoms with van der Waals surface area (Å²) in [7, 11) is 0. The van der Waals surface area contributed by atoms with Crippen molar-refractivity contribution in [2.75, 3.05) is 0 Å². The molecule has 0 saturated carbocycles.